The van der Waals surface area contributed by atoms with Gasteiger partial charge in [0.25, 0.3) is 5.91 Å². The van der Waals surface area contributed by atoms with Crippen LogP contribution in [-0.2, 0) is 0 Å². The second-order valence-corrected chi connectivity index (χ2v) is 6.68. The van der Waals surface area contributed by atoms with Crippen molar-refractivity contribution in [1.29, 1.82) is 5.26 Å². The molecule has 3 heterocycles. The fourth-order valence-corrected chi connectivity index (χ4v) is 3.42. The minimum Gasteiger partial charge on any atom is -0.454 e. The van der Waals surface area contributed by atoms with Crippen LogP contribution in [0, 0.1) is 11.3 Å². The number of likely N-dealkylation sites (tertiary alicyclic amines) is 1. The van der Waals surface area contributed by atoms with Crippen LogP contribution in [0.15, 0.2) is 54.9 Å². The van der Waals surface area contributed by atoms with Gasteiger partial charge >= 0.3 is 0 Å². The Hall–Kier alpha value is -3.66. The molecule has 0 radical (unpaired) electrons. The van der Waals surface area contributed by atoms with E-state index in [1.807, 2.05) is 11.0 Å². The number of nitrogens with zero attached hydrogens (tertiary/aromatic N) is 4. The van der Waals surface area contributed by atoms with Crippen molar-refractivity contribution < 1.29 is 9.53 Å². The predicted octanol–water partition coefficient (Wildman–Crippen LogP) is 3.49. The van der Waals surface area contributed by atoms with Crippen molar-refractivity contribution in [3.05, 3.63) is 71.8 Å². The number of piperidine rings is 1. The standard InChI is InChI=1S/C21H19N5O2/c22-12-15-6-8-17(9-7-15)28-19-13-24-25-20(19)16-4-3-11-26(14-16)21(27)18-5-1-2-10-23-18/h1-2,5-10,13,16H,3-4,11,14H2,(H,24,25). The van der Waals surface area contributed by atoms with E-state index < -0.39 is 0 Å². The van der Waals surface area contributed by atoms with Gasteiger partial charge < -0.3 is 9.64 Å². The fraction of sp³-hybridized carbons (Fsp3) is 0.238. The second kappa shape index (κ2) is 7.92. The number of pyridine rings is 1. The van der Waals surface area contributed by atoms with Crippen LogP contribution in [0.4, 0.5) is 0 Å². The molecule has 4 rings (SSSR count). The van der Waals surface area contributed by atoms with Crippen molar-refractivity contribution in [2.45, 2.75) is 18.8 Å². The summed E-state index contributed by atoms with van der Waals surface area (Å²) in [5.41, 5.74) is 1.85. The van der Waals surface area contributed by atoms with Crippen LogP contribution in [0.5, 0.6) is 11.5 Å². The zero-order valence-corrected chi connectivity index (χ0v) is 15.2. The third-order valence-corrected chi connectivity index (χ3v) is 4.82. The summed E-state index contributed by atoms with van der Waals surface area (Å²) in [5.74, 6) is 1.30. The maximum atomic E-state index is 12.7. The van der Waals surface area contributed by atoms with Gasteiger partial charge in [0, 0.05) is 25.2 Å². The molecule has 0 saturated carbocycles. The minimum absolute atomic E-state index is 0.0598. The molecule has 1 aliphatic heterocycles. The van der Waals surface area contributed by atoms with Gasteiger partial charge in [0.15, 0.2) is 5.75 Å². The highest BCUT2D eigenvalue weighted by Gasteiger charge is 2.29. The third-order valence-electron chi connectivity index (χ3n) is 4.82. The Morgan fingerprint density at radius 1 is 1.25 bits per heavy atom. The van der Waals surface area contributed by atoms with Crippen LogP contribution >= 0.6 is 0 Å². The summed E-state index contributed by atoms with van der Waals surface area (Å²) in [7, 11) is 0. The van der Waals surface area contributed by atoms with Gasteiger partial charge in [-0.1, -0.05) is 6.07 Å². The Balaban J connectivity index is 1.49. The van der Waals surface area contributed by atoms with Crippen LogP contribution in [-0.4, -0.2) is 39.1 Å². The van der Waals surface area contributed by atoms with Crippen molar-refractivity contribution >= 4 is 5.91 Å². The molecule has 1 aliphatic rings. The number of carbonyl (C=O) groups excluding carboxylic acids is 1. The molecule has 0 spiro atoms. The largest absolute Gasteiger partial charge is 0.454 e. The van der Waals surface area contributed by atoms with Crippen molar-refractivity contribution in [1.82, 2.24) is 20.1 Å². The van der Waals surface area contributed by atoms with E-state index in [0.29, 0.717) is 35.8 Å². The summed E-state index contributed by atoms with van der Waals surface area (Å²) in [6.45, 7) is 1.28. The van der Waals surface area contributed by atoms with Gasteiger partial charge in [-0.15, -0.1) is 0 Å². The number of nitrogens with one attached hydrogen (secondary N) is 1. The molecular weight excluding hydrogens is 354 g/mol. The Kier molecular flexibility index (Phi) is 5.02. The zero-order valence-electron chi connectivity index (χ0n) is 15.2. The highest BCUT2D eigenvalue weighted by atomic mass is 16.5. The molecule has 1 aromatic carbocycles. The van der Waals surface area contributed by atoms with Crippen LogP contribution in [0.25, 0.3) is 0 Å². The molecule has 7 nitrogen and oxygen atoms in total. The Labute approximate surface area is 162 Å². The summed E-state index contributed by atoms with van der Waals surface area (Å²) < 4.78 is 5.96. The summed E-state index contributed by atoms with van der Waals surface area (Å²) in [5, 5.41) is 16.2. The molecule has 1 saturated heterocycles. The first kappa shape index (κ1) is 17.7. The number of carbonyl (C=O) groups is 1. The van der Waals surface area contributed by atoms with E-state index in [1.165, 1.54) is 0 Å². The smallest absolute Gasteiger partial charge is 0.272 e. The fourth-order valence-electron chi connectivity index (χ4n) is 3.42. The second-order valence-electron chi connectivity index (χ2n) is 6.68. The van der Waals surface area contributed by atoms with Gasteiger partial charge in [-0.25, -0.2) is 0 Å². The molecule has 28 heavy (non-hydrogen) atoms. The Morgan fingerprint density at radius 2 is 2.11 bits per heavy atom. The van der Waals surface area contributed by atoms with E-state index in [2.05, 4.69) is 21.3 Å². The first-order valence-electron chi connectivity index (χ1n) is 9.16. The molecule has 1 amide bonds. The highest BCUT2D eigenvalue weighted by molar-refractivity contribution is 5.92. The van der Waals surface area contributed by atoms with Crippen molar-refractivity contribution in [2.24, 2.45) is 0 Å². The van der Waals surface area contributed by atoms with Gasteiger partial charge in [-0.2, -0.15) is 10.4 Å². The monoisotopic (exact) mass is 373 g/mol. The zero-order chi connectivity index (χ0) is 19.3. The maximum Gasteiger partial charge on any atom is 0.272 e. The number of ether oxygens (including phenoxy) is 1. The predicted molar refractivity (Wildman–Crippen MR) is 102 cm³/mol. The van der Waals surface area contributed by atoms with E-state index in [0.717, 1.165) is 18.5 Å². The minimum atomic E-state index is -0.0598. The molecule has 1 fully saturated rings. The summed E-state index contributed by atoms with van der Waals surface area (Å²) in [4.78, 5) is 18.7. The lowest BCUT2D eigenvalue weighted by Gasteiger charge is -2.32. The summed E-state index contributed by atoms with van der Waals surface area (Å²) >= 11 is 0. The number of aromatic amines is 1. The highest BCUT2D eigenvalue weighted by Crippen LogP contribution is 2.34. The topological polar surface area (TPSA) is 94.9 Å². The molecule has 140 valence electrons. The molecule has 1 unspecified atom stereocenters. The van der Waals surface area contributed by atoms with Crippen molar-refractivity contribution in [3.8, 4) is 17.6 Å². The van der Waals surface area contributed by atoms with Gasteiger partial charge in [-0.3, -0.25) is 14.9 Å². The number of amides is 1. The van der Waals surface area contributed by atoms with Crippen LogP contribution in [0.3, 0.4) is 0 Å². The van der Waals surface area contributed by atoms with Gasteiger partial charge in [0.1, 0.15) is 17.1 Å². The number of hydrogen-bond acceptors (Lipinski definition) is 5. The van der Waals surface area contributed by atoms with E-state index in [1.54, 1.807) is 48.8 Å². The lowest BCUT2D eigenvalue weighted by molar-refractivity contribution is 0.0699. The lowest BCUT2D eigenvalue weighted by Crippen LogP contribution is -2.39. The number of H-pyrrole nitrogens is 1. The quantitative estimate of drug-likeness (QED) is 0.755. The van der Waals surface area contributed by atoms with Crippen LogP contribution < -0.4 is 4.74 Å². The number of hydrogen-bond donors (Lipinski definition) is 1. The molecule has 1 N–H and O–H groups in total. The number of nitriles is 1. The lowest BCUT2D eigenvalue weighted by atomic mass is 9.94. The number of benzene rings is 1. The maximum absolute atomic E-state index is 12.7. The molecule has 0 aliphatic carbocycles. The average Bonchev–Trinajstić information content (AvgIpc) is 3.22. The summed E-state index contributed by atoms with van der Waals surface area (Å²) in [6, 6.07) is 14.4. The van der Waals surface area contributed by atoms with Gasteiger partial charge in [-0.05, 0) is 49.2 Å². The van der Waals surface area contributed by atoms with Crippen molar-refractivity contribution in [2.75, 3.05) is 13.1 Å². The first-order valence-corrected chi connectivity index (χ1v) is 9.16. The molecule has 0 bridgehead atoms. The summed E-state index contributed by atoms with van der Waals surface area (Å²) in [6.07, 6.45) is 5.17. The first-order chi connectivity index (χ1) is 13.7. The Morgan fingerprint density at radius 3 is 2.86 bits per heavy atom. The van der Waals surface area contributed by atoms with Crippen LogP contribution in [0.2, 0.25) is 0 Å². The third kappa shape index (κ3) is 3.71. The normalized spacial score (nSPS) is 16.4. The van der Waals surface area contributed by atoms with E-state index in [9.17, 15) is 4.79 Å². The molecule has 1 atom stereocenters. The van der Waals surface area contributed by atoms with E-state index in [-0.39, 0.29) is 11.8 Å². The van der Waals surface area contributed by atoms with E-state index in [4.69, 9.17) is 10.00 Å². The number of rotatable bonds is 4. The molecule has 7 heteroatoms. The van der Waals surface area contributed by atoms with Gasteiger partial charge in [0.2, 0.25) is 0 Å². The van der Waals surface area contributed by atoms with Crippen LogP contribution in [0.1, 0.15) is 40.5 Å². The molecule has 2 aromatic heterocycles. The van der Waals surface area contributed by atoms with Crippen molar-refractivity contribution in [3.63, 3.8) is 0 Å². The SMILES string of the molecule is N#Cc1ccc(Oc2c[nH]nc2C2CCCN(C(=O)c3ccccn3)C2)cc1. The van der Waals surface area contributed by atoms with Gasteiger partial charge in [0.05, 0.1) is 17.8 Å². The molecular formula is C21H19N5O2. The van der Waals surface area contributed by atoms with E-state index >= 15 is 0 Å². The molecule has 3 aromatic rings. The number of aromatic nitrogens is 3. The Bertz CT molecular complexity index is 992. The average molecular weight is 373 g/mol.